The van der Waals surface area contributed by atoms with Crippen LogP contribution < -0.4 is 14.4 Å². The number of carbonyl (C=O) groups excluding carboxylic acids is 3. The Labute approximate surface area is 194 Å². The molecule has 0 unspecified atom stereocenters. The summed E-state index contributed by atoms with van der Waals surface area (Å²) in [6.45, 7) is 2.58. The maximum Gasteiger partial charge on any atom is 0.283 e. The number of fused-ring (bicyclic) bond motifs is 1. The van der Waals surface area contributed by atoms with Crippen LogP contribution in [-0.4, -0.2) is 46.9 Å². The number of carbonyl (C=O) groups is 3. The van der Waals surface area contributed by atoms with Crippen LogP contribution in [0.1, 0.15) is 24.0 Å². The van der Waals surface area contributed by atoms with Crippen LogP contribution in [0.25, 0.3) is 6.08 Å². The summed E-state index contributed by atoms with van der Waals surface area (Å²) >= 11 is 1.15. The summed E-state index contributed by atoms with van der Waals surface area (Å²) in [5.41, 5.74) is 2.73. The van der Waals surface area contributed by atoms with E-state index in [1.165, 1.54) is 9.80 Å². The number of hydrogen-bond acceptors (Lipinski definition) is 7. The third kappa shape index (κ3) is 4.23. The summed E-state index contributed by atoms with van der Waals surface area (Å²) in [6.07, 6.45) is 2.77. The standard InChI is InChI=1S/C24H21N3O5S/c1-15-4-7-17(8-5-15)27-23(30)18(11-16-6-9-19-20(12-16)32-14-31-19)25-24(27)33-13-22(29)26-10-2-3-21(26)28/h4-9,11-12H,2-3,10,13-14H2,1H3/b18-11+. The third-order valence-corrected chi connectivity index (χ3v) is 6.44. The number of hydrogen-bond donors (Lipinski definition) is 0. The second kappa shape index (κ2) is 8.74. The third-order valence-electron chi connectivity index (χ3n) is 5.52. The molecule has 5 rings (SSSR count). The topological polar surface area (TPSA) is 88.5 Å². The van der Waals surface area contributed by atoms with E-state index in [0.717, 1.165) is 22.9 Å². The summed E-state index contributed by atoms with van der Waals surface area (Å²) < 4.78 is 10.8. The number of thioether (sulfide) groups is 1. The van der Waals surface area contributed by atoms with Crippen molar-refractivity contribution >= 4 is 46.4 Å². The second-order valence-electron chi connectivity index (χ2n) is 7.84. The number of anilines is 1. The van der Waals surface area contributed by atoms with Crippen LogP contribution in [0.4, 0.5) is 5.69 Å². The minimum atomic E-state index is -0.288. The normalized spacial score (nSPS) is 18.5. The van der Waals surface area contributed by atoms with Gasteiger partial charge in [0, 0.05) is 13.0 Å². The van der Waals surface area contributed by atoms with Gasteiger partial charge in [-0.05, 0) is 49.2 Å². The molecule has 2 aromatic carbocycles. The first kappa shape index (κ1) is 21.3. The average Bonchev–Trinajstić information content (AvgIpc) is 3.52. The van der Waals surface area contributed by atoms with Crippen LogP contribution in [0.5, 0.6) is 11.5 Å². The Kier molecular flexibility index (Phi) is 5.63. The number of benzene rings is 2. The van der Waals surface area contributed by atoms with Gasteiger partial charge in [0.1, 0.15) is 5.70 Å². The highest BCUT2D eigenvalue weighted by molar-refractivity contribution is 8.14. The van der Waals surface area contributed by atoms with Gasteiger partial charge in [-0.1, -0.05) is 35.5 Å². The van der Waals surface area contributed by atoms with Gasteiger partial charge < -0.3 is 9.47 Å². The van der Waals surface area contributed by atoms with Gasteiger partial charge in [-0.2, -0.15) is 0 Å². The highest BCUT2D eigenvalue weighted by Crippen LogP contribution is 2.34. The smallest absolute Gasteiger partial charge is 0.283 e. The van der Waals surface area contributed by atoms with E-state index in [1.807, 2.05) is 37.3 Å². The molecule has 0 spiro atoms. The lowest BCUT2D eigenvalue weighted by atomic mass is 10.1. The number of amides is 3. The monoisotopic (exact) mass is 463 g/mol. The number of aliphatic imine (C=N–C) groups is 1. The minimum absolute atomic E-state index is 0.0253. The fourth-order valence-corrected chi connectivity index (χ4v) is 4.68. The predicted molar refractivity (Wildman–Crippen MR) is 125 cm³/mol. The molecule has 3 aliphatic heterocycles. The van der Waals surface area contributed by atoms with E-state index in [2.05, 4.69) is 4.99 Å². The Balaban J connectivity index is 1.43. The van der Waals surface area contributed by atoms with Gasteiger partial charge in [-0.15, -0.1) is 0 Å². The van der Waals surface area contributed by atoms with Crippen molar-refractivity contribution in [3.63, 3.8) is 0 Å². The number of nitrogens with zero attached hydrogens (tertiary/aromatic N) is 3. The highest BCUT2D eigenvalue weighted by atomic mass is 32.2. The Morgan fingerprint density at radius 2 is 1.91 bits per heavy atom. The fraction of sp³-hybridized carbons (Fsp3) is 0.250. The van der Waals surface area contributed by atoms with Gasteiger partial charge in [-0.3, -0.25) is 24.2 Å². The van der Waals surface area contributed by atoms with Gasteiger partial charge in [0.15, 0.2) is 16.7 Å². The molecule has 0 radical (unpaired) electrons. The summed E-state index contributed by atoms with van der Waals surface area (Å²) in [4.78, 5) is 45.1. The summed E-state index contributed by atoms with van der Waals surface area (Å²) in [6, 6.07) is 12.9. The molecular weight excluding hydrogens is 442 g/mol. The molecule has 33 heavy (non-hydrogen) atoms. The number of likely N-dealkylation sites (tertiary alicyclic amines) is 1. The van der Waals surface area contributed by atoms with Crippen LogP contribution in [0.15, 0.2) is 53.2 Å². The summed E-state index contributed by atoms with van der Waals surface area (Å²) in [5, 5.41) is 0.399. The van der Waals surface area contributed by atoms with Crippen LogP contribution in [0, 0.1) is 6.92 Å². The quantitative estimate of drug-likeness (QED) is 0.646. The van der Waals surface area contributed by atoms with Gasteiger partial charge in [-0.25, -0.2) is 4.99 Å². The van der Waals surface area contributed by atoms with Crippen molar-refractivity contribution in [3.8, 4) is 11.5 Å². The molecule has 0 bridgehead atoms. The van der Waals surface area contributed by atoms with Crippen molar-refractivity contribution in [1.82, 2.24) is 4.90 Å². The predicted octanol–water partition coefficient (Wildman–Crippen LogP) is 3.35. The van der Waals surface area contributed by atoms with Crippen molar-refractivity contribution in [2.75, 3.05) is 24.0 Å². The van der Waals surface area contributed by atoms with E-state index in [0.29, 0.717) is 41.7 Å². The minimum Gasteiger partial charge on any atom is -0.454 e. The number of amidine groups is 1. The lowest BCUT2D eigenvalue weighted by molar-refractivity contribution is -0.140. The molecule has 3 heterocycles. The molecule has 0 aromatic heterocycles. The van der Waals surface area contributed by atoms with Crippen molar-refractivity contribution in [3.05, 3.63) is 59.3 Å². The zero-order chi connectivity index (χ0) is 22.9. The van der Waals surface area contributed by atoms with Gasteiger partial charge >= 0.3 is 0 Å². The van der Waals surface area contributed by atoms with Gasteiger partial charge in [0.05, 0.1) is 11.4 Å². The van der Waals surface area contributed by atoms with Crippen LogP contribution in [-0.2, 0) is 14.4 Å². The molecule has 1 saturated heterocycles. The van der Waals surface area contributed by atoms with Crippen molar-refractivity contribution in [1.29, 1.82) is 0 Å². The first-order valence-corrected chi connectivity index (χ1v) is 11.6. The van der Waals surface area contributed by atoms with Crippen molar-refractivity contribution in [2.24, 2.45) is 4.99 Å². The maximum atomic E-state index is 13.3. The molecule has 168 valence electrons. The Hall–Kier alpha value is -3.59. The summed E-state index contributed by atoms with van der Waals surface area (Å²) in [5.74, 6) is 0.593. The molecule has 9 heteroatoms. The SMILES string of the molecule is Cc1ccc(N2C(=O)/C(=C\c3ccc4c(c3)OCO4)N=C2SCC(=O)N2CCCC2=O)cc1. The Morgan fingerprint density at radius 3 is 2.67 bits per heavy atom. The molecule has 3 amide bonds. The Morgan fingerprint density at radius 1 is 1.12 bits per heavy atom. The van der Waals surface area contributed by atoms with E-state index in [-0.39, 0.29) is 36.0 Å². The zero-order valence-electron chi connectivity index (χ0n) is 17.9. The van der Waals surface area contributed by atoms with Gasteiger partial charge in [0.2, 0.25) is 18.6 Å². The van der Waals surface area contributed by atoms with Crippen molar-refractivity contribution in [2.45, 2.75) is 19.8 Å². The first-order chi connectivity index (χ1) is 16.0. The highest BCUT2D eigenvalue weighted by Gasteiger charge is 2.34. The second-order valence-corrected chi connectivity index (χ2v) is 8.79. The number of ether oxygens (including phenoxy) is 2. The summed E-state index contributed by atoms with van der Waals surface area (Å²) in [7, 11) is 0. The molecule has 0 atom stereocenters. The molecular formula is C24H21N3O5S. The number of rotatable bonds is 4. The van der Waals surface area contributed by atoms with Crippen LogP contribution >= 0.6 is 11.8 Å². The van der Waals surface area contributed by atoms with E-state index in [4.69, 9.17) is 9.47 Å². The Bertz CT molecular complexity index is 1210. The van der Waals surface area contributed by atoms with Crippen molar-refractivity contribution < 1.29 is 23.9 Å². The van der Waals surface area contributed by atoms with E-state index >= 15 is 0 Å². The molecule has 0 N–H and O–H groups in total. The fourth-order valence-electron chi connectivity index (χ4n) is 3.79. The van der Waals surface area contributed by atoms with E-state index in [9.17, 15) is 14.4 Å². The lowest BCUT2D eigenvalue weighted by Crippen LogP contribution is -2.35. The first-order valence-electron chi connectivity index (χ1n) is 10.6. The maximum absolute atomic E-state index is 13.3. The molecule has 0 aliphatic carbocycles. The van der Waals surface area contributed by atoms with Gasteiger partial charge in [0.25, 0.3) is 5.91 Å². The average molecular weight is 464 g/mol. The number of aryl methyl sites for hydroxylation is 1. The molecule has 8 nitrogen and oxygen atoms in total. The van der Waals surface area contributed by atoms with E-state index < -0.39 is 0 Å². The lowest BCUT2D eigenvalue weighted by Gasteiger charge is -2.19. The van der Waals surface area contributed by atoms with Crippen LogP contribution in [0.3, 0.4) is 0 Å². The van der Waals surface area contributed by atoms with Crippen LogP contribution in [0.2, 0.25) is 0 Å². The molecule has 2 aromatic rings. The molecule has 3 aliphatic rings. The molecule has 1 fully saturated rings. The number of imide groups is 1. The zero-order valence-corrected chi connectivity index (χ0v) is 18.8. The molecule has 0 saturated carbocycles. The van der Waals surface area contributed by atoms with E-state index in [1.54, 1.807) is 18.2 Å². The largest absolute Gasteiger partial charge is 0.454 e.